The second kappa shape index (κ2) is 18.0. The number of hydrogen-bond acceptors (Lipinski definition) is 7. The molecule has 3 rings (SSSR count). The Bertz CT molecular complexity index is 1430. The molecular weight excluding hydrogens is 594 g/mol. The zero-order valence-electron chi connectivity index (χ0n) is 26.0. The molecule has 4 N–H and O–H groups in total. The summed E-state index contributed by atoms with van der Waals surface area (Å²) in [5.41, 5.74) is 1.90. The van der Waals surface area contributed by atoms with Crippen LogP contribution in [0.15, 0.2) is 66.7 Å². The van der Waals surface area contributed by atoms with Crippen LogP contribution in [-0.4, -0.2) is 76.6 Å². The minimum absolute atomic E-state index is 0.0150. The van der Waals surface area contributed by atoms with Gasteiger partial charge in [0, 0.05) is 37.8 Å². The fourth-order valence-electron chi connectivity index (χ4n) is 5.19. The number of nitrogens with one attached hydrogen (secondary N) is 3. The predicted molar refractivity (Wildman–Crippen MR) is 178 cm³/mol. The van der Waals surface area contributed by atoms with E-state index in [2.05, 4.69) is 29.8 Å². The number of rotatable bonds is 18. The summed E-state index contributed by atoms with van der Waals surface area (Å²) in [6, 6.07) is 18.6. The monoisotopic (exact) mass is 637 g/mol. The lowest BCUT2D eigenvalue weighted by molar-refractivity contribution is -0.384. The Balaban J connectivity index is 1.72. The van der Waals surface area contributed by atoms with Gasteiger partial charge in [-0.1, -0.05) is 68.4 Å². The number of nitro benzene ring substituents is 1. The van der Waals surface area contributed by atoms with Crippen LogP contribution in [0.4, 0.5) is 10.5 Å². The van der Waals surface area contributed by atoms with Gasteiger partial charge in [0.05, 0.1) is 11.5 Å². The van der Waals surface area contributed by atoms with Gasteiger partial charge in [-0.05, 0) is 59.1 Å². The summed E-state index contributed by atoms with van der Waals surface area (Å²) in [5.74, 6) is -0.592. The van der Waals surface area contributed by atoms with Crippen molar-refractivity contribution in [2.75, 3.05) is 31.6 Å². The first-order valence-corrected chi connectivity index (χ1v) is 16.4. The van der Waals surface area contributed by atoms with Gasteiger partial charge in [-0.25, -0.2) is 9.59 Å². The molecule has 0 radical (unpaired) electrons. The van der Waals surface area contributed by atoms with Crippen molar-refractivity contribution in [3.8, 4) is 0 Å². The van der Waals surface area contributed by atoms with Crippen molar-refractivity contribution in [2.45, 2.75) is 51.7 Å². The normalized spacial score (nSPS) is 12.6. The number of amides is 3. The van der Waals surface area contributed by atoms with Crippen molar-refractivity contribution in [3.63, 3.8) is 0 Å². The third-order valence-corrected chi connectivity index (χ3v) is 7.95. The first-order chi connectivity index (χ1) is 21.5. The molecule has 3 aromatic carbocycles. The van der Waals surface area contributed by atoms with Crippen molar-refractivity contribution in [1.29, 1.82) is 0 Å². The van der Waals surface area contributed by atoms with Crippen molar-refractivity contribution >= 4 is 46.1 Å². The molecule has 2 atom stereocenters. The SMILES string of the molecule is CSCCC(NC(=O)CN(Cc1cccc2ccccc12)CC(CC(C)C)NC(=O)NCCc1ccc([N+](=O)[O-])cc1)C(=O)O. The van der Waals surface area contributed by atoms with Gasteiger partial charge < -0.3 is 21.1 Å². The molecule has 0 aliphatic rings. The maximum absolute atomic E-state index is 13.2. The lowest BCUT2D eigenvalue weighted by Crippen LogP contribution is -2.51. The molecule has 0 spiro atoms. The summed E-state index contributed by atoms with van der Waals surface area (Å²) in [6.45, 7) is 5.22. The first-order valence-electron chi connectivity index (χ1n) is 15.0. The smallest absolute Gasteiger partial charge is 0.326 e. The standard InChI is InChI=1S/C33H43N5O6S/c1-23(2)19-27(35-33(42)34-17-15-24-11-13-28(14-12-24)38(43)44)21-37(22-31(39)36-30(32(40)41)16-18-45-3)20-26-9-6-8-25-7-4-5-10-29(25)26/h4-14,23,27,30H,15-22H2,1-3H3,(H,36,39)(H,40,41)(H2,34,35,42). The summed E-state index contributed by atoms with van der Waals surface area (Å²) in [7, 11) is 0. The number of urea groups is 1. The molecule has 0 aliphatic heterocycles. The summed E-state index contributed by atoms with van der Waals surface area (Å²) in [4.78, 5) is 50.3. The predicted octanol–water partition coefficient (Wildman–Crippen LogP) is 4.83. The lowest BCUT2D eigenvalue weighted by Gasteiger charge is -2.29. The topological polar surface area (TPSA) is 154 Å². The maximum Gasteiger partial charge on any atom is 0.326 e. The van der Waals surface area contributed by atoms with E-state index in [1.807, 2.05) is 53.6 Å². The third-order valence-electron chi connectivity index (χ3n) is 7.30. The van der Waals surface area contributed by atoms with Gasteiger partial charge in [0.25, 0.3) is 5.69 Å². The third kappa shape index (κ3) is 12.0. The zero-order chi connectivity index (χ0) is 32.8. The van der Waals surface area contributed by atoms with Gasteiger partial charge in [0.1, 0.15) is 6.04 Å². The van der Waals surface area contributed by atoms with E-state index < -0.39 is 16.9 Å². The number of benzene rings is 3. The minimum atomic E-state index is -1.07. The molecule has 2 unspecified atom stereocenters. The minimum Gasteiger partial charge on any atom is -0.480 e. The molecule has 0 aliphatic carbocycles. The molecule has 3 amide bonds. The van der Waals surface area contributed by atoms with Crippen LogP contribution >= 0.6 is 11.8 Å². The van der Waals surface area contributed by atoms with Crippen LogP contribution in [0, 0.1) is 16.0 Å². The summed E-state index contributed by atoms with van der Waals surface area (Å²) < 4.78 is 0. The number of carbonyl (C=O) groups is 3. The number of thioether (sulfide) groups is 1. The van der Waals surface area contributed by atoms with Crippen molar-refractivity contribution in [1.82, 2.24) is 20.9 Å². The van der Waals surface area contributed by atoms with Crippen LogP contribution in [0.2, 0.25) is 0 Å². The van der Waals surface area contributed by atoms with E-state index in [0.717, 1.165) is 21.9 Å². The van der Waals surface area contributed by atoms with Crippen LogP contribution in [0.25, 0.3) is 10.8 Å². The van der Waals surface area contributed by atoms with E-state index in [1.54, 1.807) is 12.1 Å². The van der Waals surface area contributed by atoms with E-state index in [-0.39, 0.29) is 36.1 Å². The van der Waals surface area contributed by atoms with E-state index >= 15 is 0 Å². The number of non-ortho nitro benzene ring substituents is 1. The number of carboxylic acid groups (broad SMARTS) is 1. The highest BCUT2D eigenvalue weighted by Crippen LogP contribution is 2.21. The van der Waals surface area contributed by atoms with Crippen molar-refractivity contribution < 1.29 is 24.4 Å². The molecule has 0 heterocycles. The van der Waals surface area contributed by atoms with E-state index in [0.29, 0.717) is 44.6 Å². The largest absolute Gasteiger partial charge is 0.480 e. The molecule has 0 saturated heterocycles. The molecule has 11 nitrogen and oxygen atoms in total. The Hall–Kier alpha value is -4.16. The fraction of sp³-hybridized carbons (Fsp3) is 0.424. The molecule has 0 bridgehead atoms. The first kappa shape index (κ1) is 35.3. The van der Waals surface area contributed by atoms with Crippen molar-refractivity contribution in [2.24, 2.45) is 5.92 Å². The van der Waals surface area contributed by atoms with Gasteiger partial charge in [0.15, 0.2) is 0 Å². The fourth-order valence-corrected chi connectivity index (χ4v) is 5.66. The van der Waals surface area contributed by atoms with Gasteiger partial charge in [-0.3, -0.25) is 19.8 Å². The molecule has 0 aromatic heterocycles. The van der Waals surface area contributed by atoms with Crippen LogP contribution in [-0.2, 0) is 22.6 Å². The van der Waals surface area contributed by atoms with E-state index in [4.69, 9.17) is 0 Å². The molecule has 0 saturated carbocycles. The van der Waals surface area contributed by atoms with Gasteiger partial charge >= 0.3 is 12.0 Å². The highest BCUT2D eigenvalue weighted by molar-refractivity contribution is 7.98. The van der Waals surface area contributed by atoms with E-state index in [1.165, 1.54) is 23.9 Å². The summed E-state index contributed by atoms with van der Waals surface area (Å²) in [6.07, 6.45) is 3.38. The number of nitro groups is 1. The van der Waals surface area contributed by atoms with Gasteiger partial charge in [-0.15, -0.1) is 0 Å². The average molecular weight is 638 g/mol. The molecule has 3 aromatic rings. The van der Waals surface area contributed by atoms with Crippen LogP contribution in [0.1, 0.15) is 37.8 Å². The van der Waals surface area contributed by atoms with Crippen molar-refractivity contribution in [3.05, 3.63) is 88.0 Å². The molecular formula is C33H43N5O6S. The number of carbonyl (C=O) groups excluding carboxylic acids is 2. The summed E-state index contributed by atoms with van der Waals surface area (Å²) >= 11 is 1.52. The summed E-state index contributed by atoms with van der Waals surface area (Å²) in [5, 5.41) is 31.3. The van der Waals surface area contributed by atoms with Gasteiger partial charge in [-0.2, -0.15) is 11.8 Å². The Morgan fingerprint density at radius 3 is 2.38 bits per heavy atom. The Morgan fingerprint density at radius 1 is 1.00 bits per heavy atom. The molecule has 0 fully saturated rings. The van der Waals surface area contributed by atoms with Crippen LogP contribution in [0.5, 0.6) is 0 Å². The second-order valence-electron chi connectivity index (χ2n) is 11.4. The molecule has 242 valence electrons. The number of hydrogen-bond donors (Lipinski definition) is 4. The quantitative estimate of drug-likeness (QED) is 0.114. The Labute approximate surface area is 268 Å². The average Bonchev–Trinajstić information content (AvgIpc) is 2.99. The number of aliphatic carboxylic acids is 1. The number of nitrogens with zero attached hydrogens (tertiary/aromatic N) is 2. The Kier molecular flexibility index (Phi) is 14.1. The number of carboxylic acids is 1. The van der Waals surface area contributed by atoms with Crippen LogP contribution < -0.4 is 16.0 Å². The van der Waals surface area contributed by atoms with Gasteiger partial charge in [0.2, 0.25) is 5.91 Å². The number of fused-ring (bicyclic) bond motifs is 1. The second-order valence-corrected chi connectivity index (χ2v) is 12.4. The molecule has 45 heavy (non-hydrogen) atoms. The highest BCUT2D eigenvalue weighted by atomic mass is 32.2. The molecule has 12 heteroatoms. The highest BCUT2D eigenvalue weighted by Gasteiger charge is 2.24. The van der Waals surface area contributed by atoms with E-state index in [9.17, 15) is 29.6 Å². The lowest BCUT2D eigenvalue weighted by atomic mass is 10.0. The maximum atomic E-state index is 13.2. The zero-order valence-corrected chi connectivity index (χ0v) is 26.8. The van der Waals surface area contributed by atoms with Crippen LogP contribution in [0.3, 0.4) is 0 Å². The Morgan fingerprint density at radius 2 is 1.71 bits per heavy atom.